The number of benzene rings is 1. The predicted molar refractivity (Wildman–Crippen MR) is 65.9 cm³/mol. The first kappa shape index (κ1) is 13.9. The van der Waals surface area contributed by atoms with Gasteiger partial charge in [-0.1, -0.05) is 6.92 Å². The van der Waals surface area contributed by atoms with Gasteiger partial charge in [0.25, 0.3) is 0 Å². The second kappa shape index (κ2) is 3.99. The van der Waals surface area contributed by atoms with Crippen molar-refractivity contribution in [2.45, 2.75) is 31.5 Å². The van der Waals surface area contributed by atoms with E-state index in [2.05, 4.69) is 0 Å². The van der Waals surface area contributed by atoms with Gasteiger partial charge in [-0.15, -0.1) is 0 Å². The summed E-state index contributed by atoms with van der Waals surface area (Å²) in [5.74, 6) is -2.22. The average Bonchev–Trinajstić information content (AvgIpc) is 2.64. The van der Waals surface area contributed by atoms with E-state index in [9.17, 15) is 22.4 Å². The Kier molecular flexibility index (Phi) is 2.64. The third-order valence-electron chi connectivity index (χ3n) is 4.00. The minimum atomic E-state index is -4.66. The fraction of sp³-hybridized carbons (Fsp3) is 0.357. The third kappa shape index (κ3) is 1.76. The van der Waals surface area contributed by atoms with Gasteiger partial charge in [-0.2, -0.15) is 13.2 Å². The molecule has 0 aliphatic carbocycles. The van der Waals surface area contributed by atoms with E-state index in [4.69, 9.17) is 9.15 Å². The predicted octanol–water partition coefficient (Wildman–Crippen LogP) is 3.75. The molecule has 2 atom stereocenters. The van der Waals surface area contributed by atoms with Gasteiger partial charge in [-0.25, -0.2) is 9.18 Å². The Balaban J connectivity index is 2.34. The molecule has 3 nitrogen and oxygen atoms in total. The first-order valence-electron chi connectivity index (χ1n) is 6.17. The van der Waals surface area contributed by atoms with E-state index >= 15 is 0 Å². The Morgan fingerprint density at radius 3 is 2.57 bits per heavy atom. The van der Waals surface area contributed by atoms with Crippen molar-refractivity contribution in [2.75, 3.05) is 0 Å². The second-order valence-corrected chi connectivity index (χ2v) is 5.20. The summed E-state index contributed by atoms with van der Waals surface area (Å²) in [5, 5.41) is 0.242. The summed E-state index contributed by atoms with van der Waals surface area (Å²) < 4.78 is 62.7. The maximum atomic E-state index is 13.2. The van der Waals surface area contributed by atoms with E-state index in [0.29, 0.717) is 0 Å². The van der Waals surface area contributed by atoms with E-state index in [1.54, 1.807) is 0 Å². The minimum Gasteiger partial charge on any atom is -0.470 e. The van der Waals surface area contributed by atoms with Crippen LogP contribution in [-0.2, 0) is 0 Å². The number of halogens is 4. The van der Waals surface area contributed by atoms with Crippen LogP contribution in [0.5, 0.6) is 5.75 Å². The lowest BCUT2D eigenvalue weighted by atomic mass is 9.85. The van der Waals surface area contributed by atoms with Crippen LogP contribution in [0.15, 0.2) is 27.4 Å². The molecule has 7 heteroatoms. The number of hydrogen-bond donors (Lipinski definition) is 0. The van der Waals surface area contributed by atoms with Gasteiger partial charge >= 0.3 is 11.8 Å². The fourth-order valence-corrected chi connectivity index (χ4v) is 2.59. The Morgan fingerprint density at radius 1 is 1.29 bits per heavy atom. The van der Waals surface area contributed by atoms with E-state index < -0.39 is 34.9 Å². The van der Waals surface area contributed by atoms with Crippen LogP contribution in [0.1, 0.15) is 25.3 Å². The molecule has 0 radical (unpaired) electrons. The van der Waals surface area contributed by atoms with Gasteiger partial charge < -0.3 is 9.15 Å². The Labute approximate surface area is 116 Å². The number of rotatable bonds is 0. The van der Waals surface area contributed by atoms with Crippen LogP contribution >= 0.6 is 0 Å². The molecule has 1 aromatic heterocycles. The van der Waals surface area contributed by atoms with Crippen molar-refractivity contribution < 1.29 is 26.7 Å². The molecule has 0 N–H and O–H groups in total. The fourth-order valence-electron chi connectivity index (χ4n) is 2.59. The Morgan fingerprint density at radius 2 is 1.95 bits per heavy atom. The summed E-state index contributed by atoms with van der Waals surface area (Å²) in [5.41, 5.74) is -3.56. The van der Waals surface area contributed by atoms with Crippen molar-refractivity contribution in [2.24, 2.45) is 0 Å². The smallest absolute Gasteiger partial charge is 0.428 e. The second-order valence-electron chi connectivity index (χ2n) is 5.20. The molecule has 1 aliphatic heterocycles. The molecule has 0 fully saturated rings. The topological polar surface area (TPSA) is 39.4 Å². The zero-order chi connectivity index (χ0) is 15.6. The summed E-state index contributed by atoms with van der Waals surface area (Å²) in [6.45, 7) is 2.20. The lowest BCUT2D eigenvalue weighted by Crippen LogP contribution is -2.48. The van der Waals surface area contributed by atoms with Crippen molar-refractivity contribution in [1.29, 1.82) is 0 Å². The molecule has 1 aromatic carbocycles. The highest BCUT2D eigenvalue weighted by Crippen LogP contribution is 2.52. The molecular weight excluding hydrogens is 292 g/mol. The molecule has 0 bridgehead atoms. The zero-order valence-electron chi connectivity index (χ0n) is 11.0. The Hall–Kier alpha value is -2.05. The van der Waals surface area contributed by atoms with E-state index in [1.807, 2.05) is 0 Å². The molecule has 0 saturated heterocycles. The van der Waals surface area contributed by atoms with E-state index in [0.717, 1.165) is 19.1 Å². The lowest BCUT2D eigenvalue weighted by Gasteiger charge is -2.30. The summed E-state index contributed by atoms with van der Waals surface area (Å²) in [7, 11) is 0. The van der Waals surface area contributed by atoms with Crippen LogP contribution in [0.4, 0.5) is 17.6 Å². The molecule has 112 valence electrons. The number of fused-ring (bicyclic) bond motifs is 3. The first-order chi connectivity index (χ1) is 9.65. The molecule has 2 unspecified atom stereocenters. The standard InChI is InChI=1S/C14H10F4O3/c1-6-10-8-4-3-7(15)5-9(8)20-12(19)11(10)21-13(6,2)14(16,17)18/h3-6H,1-2H3. The van der Waals surface area contributed by atoms with Gasteiger partial charge in [0.15, 0.2) is 0 Å². The monoisotopic (exact) mass is 302 g/mol. The lowest BCUT2D eigenvalue weighted by molar-refractivity contribution is -0.241. The van der Waals surface area contributed by atoms with Gasteiger partial charge in [0, 0.05) is 22.9 Å². The van der Waals surface area contributed by atoms with Crippen molar-refractivity contribution in [3.8, 4) is 5.75 Å². The van der Waals surface area contributed by atoms with Crippen LogP contribution in [0.2, 0.25) is 0 Å². The number of ether oxygens (including phenoxy) is 1. The molecule has 0 amide bonds. The molecule has 1 aliphatic rings. The quantitative estimate of drug-likeness (QED) is 0.549. The van der Waals surface area contributed by atoms with Crippen molar-refractivity contribution in [3.05, 3.63) is 40.0 Å². The number of alkyl halides is 3. The first-order valence-corrected chi connectivity index (χ1v) is 6.17. The van der Waals surface area contributed by atoms with Gasteiger partial charge in [-0.3, -0.25) is 0 Å². The van der Waals surface area contributed by atoms with Gasteiger partial charge in [-0.05, 0) is 19.1 Å². The molecule has 0 spiro atoms. The Bertz CT molecular complexity index is 793. The van der Waals surface area contributed by atoms with Crippen molar-refractivity contribution >= 4 is 11.0 Å². The highest BCUT2D eigenvalue weighted by molar-refractivity contribution is 5.83. The molecule has 3 rings (SSSR count). The normalized spacial score (nSPS) is 25.0. The third-order valence-corrected chi connectivity index (χ3v) is 4.00. The summed E-state index contributed by atoms with van der Waals surface area (Å²) >= 11 is 0. The van der Waals surface area contributed by atoms with Gasteiger partial charge in [0.2, 0.25) is 11.4 Å². The molecule has 2 aromatic rings. The average molecular weight is 302 g/mol. The maximum absolute atomic E-state index is 13.2. The van der Waals surface area contributed by atoms with Crippen LogP contribution in [0.3, 0.4) is 0 Å². The van der Waals surface area contributed by atoms with Crippen LogP contribution in [0.25, 0.3) is 11.0 Å². The molecule has 0 saturated carbocycles. The highest BCUT2D eigenvalue weighted by Gasteiger charge is 2.62. The molecule has 21 heavy (non-hydrogen) atoms. The number of hydrogen-bond acceptors (Lipinski definition) is 3. The minimum absolute atomic E-state index is 0.0966. The van der Waals surface area contributed by atoms with E-state index in [1.165, 1.54) is 13.0 Å². The largest absolute Gasteiger partial charge is 0.470 e. The molecular formula is C14H10F4O3. The summed E-state index contributed by atoms with van der Waals surface area (Å²) in [6.07, 6.45) is -4.66. The van der Waals surface area contributed by atoms with Gasteiger partial charge in [0.1, 0.15) is 11.4 Å². The SMILES string of the molecule is CC1c2c(c(=O)oc3cc(F)ccc23)OC1(C)C(F)(F)F. The zero-order valence-corrected chi connectivity index (χ0v) is 11.0. The van der Waals surface area contributed by atoms with Crippen LogP contribution in [-0.4, -0.2) is 11.8 Å². The summed E-state index contributed by atoms with van der Waals surface area (Å²) in [4.78, 5) is 11.8. The maximum Gasteiger partial charge on any atom is 0.428 e. The van der Waals surface area contributed by atoms with Crippen molar-refractivity contribution in [1.82, 2.24) is 0 Å². The van der Waals surface area contributed by atoms with Crippen LogP contribution < -0.4 is 10.4 Å². The van der Waals surface area contributed by atoms with Crippen LogP contribution in [0, 0.1) is 5.82 Å². The summed E-state index contributed by atoms with van der Waals surface area (Å²) in [6, 6.07) is 3.35. The highest BCUT2D eigenvalue weighted by atomic mass is 19.4. The van der Waals surface area contributed by atoms with E-state index in [-0.39, 0.29) is 16.5 Å². The van der Waals surface area contributed by atoms with Crippen molar-refractivity contribution in [3.63, 3.8) is 0 Å². The molecule has 2 heterocycles. The van der Waals surface area contributed by atoms with Gasteiger partial charge in [0.05, 0.1) is 0 Å².